The van der Waals surface area contributed by atoms with Gasteiger partial charge in [0.15, 0.2) is 5.58 Å². The molecular formula is C27H18N2O2. The maximum Gasteiger partial charge on any atom is 0.180 e. The van der Waals surface area contributed by atoms with E-state index in [0.717, 1.165) is 50.2 Å². The molecule has 0 fully saturated rings. The molecule has 1 aliphatic carbocycles. The Morgan fingerprint density at radius 1 is 0.677 bits per heavy atom. The first-order valence-corrected chi connectivity index (χ1v) is 10.4. The molecule has 0 atom stereocenters. The third-order valence-corrected chi connectivity index (χ3v) is 6.57. The molecule has 0 radical (unpaired) electrons. The van der Waals surface area contributed by atoms with Crippen molar-refractivity contribution in [1.29, 1.82) is 0 Å². The molecule has 148 valence electrons. The van der Waals surface area contributed by atoms with Gasteiger partial charge in [-0.2, -0.15) is 0 Å². The second kappa shape index (κ2) is 5.61. The minimum Gasteiger partial charge on any atom is -0.456 e. The molecule has 0 unspecified atom stereocenters. The SMILES string of the molecule is CC1(C)c2c(cccc2-c2ncnc3c2oc2ccccc23)-c2oc3ccccc3c21. The summed E-state index contributed by atoms with van der Waals surface area (Å²) in [6.07, 6.45) is 1.63. The highest BCUT2D eigenvalue weighted by Gasteiger charge is 2.42. The van der Waals surface area contributed by atoms with E-state index in [2.05, 4.69) is 54.1 Å². The van der Waals surface area contributed by atoms with Crippen molar-refractivity contribution in [3.8, 4) is 22.6 Å². The lowest BCUT2D eigenvalue weighted by atomic mass is 9.78. The van der Waals surface area contributed by atoms with E-state index in [-0.39, 0.29) is 5.41 Å². The average Bonchev–Trinajstić information content (AvgIpc) is 3.43. The number of aromatic nitrogens is 2. The van der Waals surface area contributed by atoms with Crippen molar-refractivity contribution in [2.45, 2.75) is 19.3 Å². The number of rotatable bonds is 1. The van der Waals surface area contributed by atoms with Gasteiger partial charge >= 0.3 is 0 Å². The monoisotopic (exact) mass is 402 g/mol. The molecule has 3 aromatic carbocycles. The summed E-state index contributed by atoms with van der Waals surface area (Å²) >= 11 is 0. The van der Waals surface area contributed by atoms with E-state index in [1.807, 2.05) is 36.4 Å². The maximum atomic E-state index is 6.34. The van der Waals surface area contributed by atoms with E-state index in [0.29, 0.717) is 0 Å². The van der Waals surface area contributed by atoms with Crippen LogP contribution < -0.4 is 0 Å². The van der Waals surface area contributed by atoms with Gasteiger partial charge in [-0.3, -0.25) is 0 Å². The van der Waals surface area contributed by atoms with Gasteiger partial charge in [0.25, 0.3) is 0 Å². The van der Waals surface area contributed by atoms with Crippen LogP contribution in [0.2, 0.25) is 0 Å². The van der Waals surface area contributed by atoms with Gasteiger partial charge in [-0.15, -0.1) is 0 Å². The third kappa shape index (κ3) is 2.04. The Morgan fingerprint density at radius 3 is 2.23 bits per heavy atom. The van der Waals surface area contributed by atoms with Crippen molar-refractivity contribution in [1.82, 2.24) is 9.97 Å². The summed E-state index contributed by atoms with van der Waals surface area (Å²) in [6, 6.07) is 22.6. The van der Waals surface area contributed by atoms with Crippen LogP contribution >= 0.6 is 0 Å². The molecular weight excluding hydrogens is 384 g/mol. The van der Waals surface area contributed by atoms with Crippen LogP contribution in [-0.4, -0.2) is 9.97 Å². The van der Waals surface area contributed by atoms with Gasteiger partial charge < -0.3 is 8.83 Å². The number of benzene rings is 3. The Kier molecular flexibility index (Phi) is 3.05. The maximum absolute atomic E-state index is 6.34. The van der Waals surface area contributed by atoms with Gasteiger partial charge in [0.2, 0.25) is 0 Å². The van der Waals surface area contributed by atoms with Gasteiger partial charge in [-0.05, 0) is 23.8 Å². The second-order valence-corrected chi connectivity index (χ2v) is 8.65. The highest BCUT2D eigenvalue weighted by Crippen LogP contribution is 2.55. The van der Waals surface area contributed by atoms with E-state index in [9.17, 15) is 0 Å². The molecule has 0 saturated carbocycles. The van der Waals surface area contributed by atoms with Crippen molar-refractivity contribution in [2.24, 2.45) is 0 Å². The molecule has 6 aromatic rings. The van der Waals surface area contributed by atoms with Crippen molar-refractivity contribution in [2.75, 3.05) is 0 Å². The van der Waals surface area contributed by atoms with Crippen LogP contribution in [0.3, 0.4) is 0 Å². The number of hydrogen-bond donors (Lipinski definition) is 0. The molecule has 4 nitrogen and oxygen atoms in total. The lowest BCUT2D eigenvalue weighted by Crippen LogP contribution is -2.16. The Balaban J connectivity index is 1.57. The molecule has 0 amide bonds. The molecule has 0 bridgehead atoms. The van der Waals surface area contributed by atoms with Crippen molar-refractivity contribution >= 4 is 33.0 Å². The molecule has 0 N–H and O–H groups in total. The van der Waals surface area contributed by atoms with Crippen LogP contribution in [0, 0.1) is 0 Å². The minimum absolute atomic E-state index is 0.239. The van der Waals surface area contributed by atoms with Crippen molar-refractivity contribution < 1.29 is 8.83 Å². The molecule has 3 aromatic heterocycles. The predicted molar refractivity (Wildman–Crippen MR) is 122 cm³/mol. The zero-order chi connectivity index (χ0) is 20.7. The van der Waals surface area contributed by atoms with E-state index in [1.54, 1.807) is 6.33 Å². The zero-order valence-electron chi connectivity index (χ0n) is 17.1. The van der Waals surface area contributed by atoms with Crippen LogP contribution in [-0.2, 0) is 5.41 Å². The van der Waals surface area contributed by atoms with Crippen LogP contribution in [0.5, 0.6) is 0 Å². The van der Waals surface area contributed by atoms with Gasteiger partial charge in [0.1, 0.15) is 34.5 Å². The highest BCUT2D eigenvalue weighted by atomic mass is 16.3. The normalized spacial score (nSPS) is 14.4. The number of fused-ring (bicyclic) bond motifs is 8. The molecule has 0 aliphatic heterocycles. The second-order valence-electron chi connectivity index (χ2n) is 8.65. The first-order chi connectivity index (χ1) is 15.1. The fraction of sp³-hybridized carbons (Fsp3) is 0.111. The van der Waals surface area contributed by atoms with Crippen LogP contribution in [0.25, 0.3) is 55.6 Å². The molecule has 0 saturated heterocycles. The van der Waals surface area contributed by atoms with Crippen molar-refractivity contribution in [3.05, 3.63) is 84.2 Å². The van der Waals surface area contributed by atoms with Gasteiger partial charge in [0, 0.05) is 32.9 Å². The summed E-state index contributed by atoms with van der Waals surface area (Å²) < 4.78 is 12.6. The fourth-order valence-electron chi connectivity index (χ4n) is 5.31. The Morgan fingerprint density at radius 2 is 1.39 bits per heavy atom. The lowest BCUT2D eigenvalue weighted by molar-refractivity contribution is 0.619. The van der Waals surface area contributed by atoms with E-state index >= 15 is 0 Å². The average molecular weight is 402 g/mol. The molecule has 31 heavy (non-hydrogen) atoms. The molecule has 4 heteroatoms. The third-order valence-electron chi connectivity index (χ3n) is 6.57. The minimum atomic E-state index is -0.239. The number of hydrogen-bond acceptors (Lipinski definition) is 4. The van der Waals surface area contributed by atoms with Gasteiger partial charge in [-0.1, -0.05) is 62.4 Å². The zero-order valence-corrected chi connectivity index (χ0v) is 17.1. The smallest absolute Gasteiger partial charge is 0.180 e. The van der Waals surface area contributed by atoms with E-state index in [4.69, 9.17) is 8.83 Å². The quantitative estimate of drug-likeness (QED) is 0.294. The standard InChI is InChI=1S/C27H18N2O2/c1-27(2)21-17(24-26-23(28-14-29-24)16-9-4-6-13-20(16)31-26)10-7-11-18(21)25-22(27)15-8-3-5-12-19(15)30-25/h3-14H,1-2H3. The number of para-hydroxylation sites is 2. The summed E-state index contributed by atoms with van der Waals surface area (Å²) in [7, 11) is 0. The van der Waals surface area contributed by atoms with Gasteiger partial charge in [0.05, 0.1) is 0 Å². The topological polar surface area (TPSA) is 52.1 Å². The molecule has 1 aliphatic rings. The summed E-state index contributed by atoms with van der Waals surface area (Å²) in [6.45, 7) is 4.53. The summed E-state index contributed by atoms with van der Waals surface area (Å²) in [4.78, 5) is 9.22. The Labute approximate surface area is 178 Å². The largest absolute Gasteiger partial charge is 0.456 e. The molecule has 3 heterocycles. The van der Waals surface area contributed by atoms with Crippen LogP contribution in [0.15, 0.2) is 81.9 Å². The summed E-state index contributed by atoms with van der Waals surface area (Å²) in [5.41, 5.74) is 8.54. The first-order valence-electron chi connectivity index (χ1n) is 10.4. The Hall–Kier alpha value is -3.92. The van der Waals surface area contributed by atoms with Gasteiger partial charge in [-0.25, -0.2) is 9.97 Å². The van der Waals surface area contributed by atoms with Crippen LogP contribution in [0.4, 0.5) is 0 Å². The van der Waals surface area contributed by atoms with Crippen molar-refractivity contribution in [3.63, 3.8) is 0 Å². The molecule has 0 spiro atoms. The fourth-order valence-corrected chi connectivity index (χ4v) is 5.31. The van der Waals surface area contributed by atoms with Crippen LogP contribution in [0.1, 0.15) is 25.0 Å². The Bertz CT molecular complexity index is 1670. The first kappa shape index (κ1) is 16.8. The lowest BCUT2D eigenvalue weighted by Gasteiger charge is -2.23. The molecule has 7 rings (SSSR count). The highest BCUT2D eigenvalue weighted by molar-refractivity contribution is 6.07. The van der Waals surface area contributed by atoms with E-state index in [1.165, 1.54) is 16.5 Å². The van der Waals surface area contributed by atoms with E-state index < -0.39 is 0 Å². The predicted octanol–water partition coefficient (Wildman–Crippen LogP) is 7.10. The number of nitrogens with zero attached hydrogens (tertiary/aromatic N) is 2. The summed E-state index contributed by atoms with van der Waals surface area (Å²) in [5.74, 6) is 0.956. The number of furan rings is 2. The summed E-state index contributed by atoms with van der Waals surface area (Å²) in [5, 5.41) is 2.17.